The van der Waals surface area contributed by atoms with E-state index in [4.69, 9.17) is 0 Å². The van der Waals surface area contributed by atoms with Gasteiger partial charge < -0.3 is 5.32 Å². The smallest absolute Gasteiger partial charge is 0.269 e. The number of aromatic nitrogens is 2. The minimum Gasteiger partial charge on any atom is -0.347 e. The van der Waals surface area contributed by atoms with Gasteiger partial charge in [0.15, 0.2) is 0 Å². The molecule has 1 aliphatic rings. The van der Waals surface area contributed by atoms with Crippen molar-refractivity contribution in [2.24, 2.45) is 0 Å². The summed E-state index contributed by atoms with van der Waals surface area (Å²) in [6.07, 6.45) is 6.76. The van der Waals surface area contributed by atoms with Gasteiger partial charge in [0.2, 0.25) is 0 Å². The summed E-state index contributed by atoms with van der Waals surface area (Å²) < 4.78 is 1.80. The van der Waals surface area contributed by atoms with Gasteiger partial charge in [-0.2, -0.15) is 5.10 Å². The van der Waals surface area contributed by atoms with Gasteiger partial charge >= 0.3 is 0 Å². The van der Waals surface area contributed by atoms with Crippen molar-refractivity contribution >= 4 is 21.8 Å². The number of nitrogens with zero attached hydrogens (tertiary/aromatic N) is 2. The first-order valence-electron chi connectivity index (χ1n) is 7.67. The highest BCUT2D eigenvalue weighted by Gasteiger charge is 2.24. The Bertz CT molecular complexity index is 458. The lowest BCUT2D eigenvalue weighted by Crippen LogP contribution is -2.41. The molecule has 4 nitrogen and oxygen atoms in total. The number of amides is 1. The average molecular weight is 342 g/mol. The fourth-order valence-corrected chi connectivity index (χ4v) is 3.45. The lowest BCUT2D eigenvalue weighted by atomic mass is 10.1. The zero-order valence-corrected chi connectivity index (χ0v) is 13.9. The second-order valence-electron chi connectivity index (χ2n) is 5.42. The van der Waals surface area contributed by atoms with E-state index < -0.39 is 0 Å². The molecule has 0 aliphatic heterocycles. The van der Waals surface area contributed by atoms with E-state index in [1.807, 2.05) is 13.0 Å². The van der Waals surface area contributed by atoms with Crippen LogP contribution in [0.3, 0.4) is 0 Å². The van der Waals surface area contributed by atoms with Crippen molar-refractivity contribution < 1.29 is 4.79 Å². The maximum absolute atomic E-state index is 12.5. The number of hydrogen-bond acceptors (Lipinski definition) is 2. The average Bonchev–Trinajstić information content (AvgIpc) is 2.78. The van der Waals surface area contributed by atoms with Crippen molar-refractivity contribution in [2.45, 2.75) is 69.8 Å². The van der Waals surface area contributed by atoms with Crippen LogP contribution in [-0.4, -0.2) is 26.6 Å². The molecule has 112 valence electrons. The molecule has 1 N–H and O–H groups in total. The third-order valence-electron chi connectivity index (χ3n) is 3.97. The van der Waals surface area contributed by atoms with Crippen molar-refractivity contribution in [3.63, 3.8) is 0 Å². The fraction of sp³-hybridized carbons (Fsp3) is 0.733. The van der Waals surface area contributed by atoms with E-state index >= 15 is 0 Å². The monoisotopic (exact) mass is 341 g/mol. The molecule has 5 heteroatoms. The van der Waals surface area contributed by atoms with Gasteiger partial charge in [0.05, 0.1) is 5.69 Å². The zero-order chi connectivity index (χ0) is 14.5. The molecule has 1 saturated carbocycles. The highest BCUT2D eigenvalue weighted by Crippen LogP contribution is 2.24. The highest BCUT2D eigenvalue weighted by molar-refractivity contribution is 9.09. The highest BCUT2D eigenvalue weighted by atomic mass is 79.9. The molecule has 20 heavy (non-hydrogen) atoms. The Labute approximate surface area is 129 Å². The number of carbonyl (C=O) groups excluding carboxylic acids is 1. The van der Waals surface area contributed by atoms with Crippen LogP contribution in [0.1, 0.15) is 62.1 Å². The Morgan fingerprint density at radius 3 is 2.85 bits per heavy atom. The Morgan fingerprint density at radius 1 is 1.40 bits per heavy atom. The van der Waals surface area contributed by atoms with Gasteiger partial charge in [-0.15, -0.1) is 0 Å². The molecule has 1 amide bonds. The minimum atomic E-state index is 0.00963. The summed E-state index contributed by atoms with van der Waals surface area (Å²) in [5.74, 6) is 0.00963. The largest absolute Gasteiger partial charge is 0.347 e. The summed E-state index contributed by atoms with van der Waals surface area (Å²) in [6, 6.07) is 2.15. The summed E-state index contributed by atoms with van der Waals surface area (Å²) in [6.45, 7) is 4.80. The standard InChI is InChI=1S/C15H24BrN3O/c1-3-11-10-14(19(4-2)18-11)15(20)17-13-9-7-5-6-8-12(13)16/h10,12-13H,3-9H2,1-2H3,(H,17,20). The fourth-order valence-electron chi connectivity index (χ4n) is 2.73. The number of carbonyl (C=O) groups is 1. The SMILES string of the molecule is CCc1cc(C(=O)NC2CCCCCC2Br)n(CC)n1. The van der Waals surface area contributed by atoms with Gasteiger partial charge in [-0.25, -0.2) is 0 Å². The van der Waals surface area contributed by atoms with Crippen molar-refractivity contribution in [2.75, 3.05) is 0 Å². The predicted octanol–water partition coefficient (Wildman–Crippen LogP) is 3.29. The van der Waals surface area contributed by atoms with Crippen LogP contribution < -0.4 is 5.32 Å². The lowest BCUT2D eigenvalue weighted by Gasteiger charge is -2.21. The van der Waals surface area contributed by atoms with Gasteiger partial charge in [0, 0.05) is 17.4 Å². The van der Waals surface area contributed by atoms with Crippen LogP contribution in [0.25, 0.3) is 0 Å². The van der Waals surface area contributed by atoms with Crippen LogP contribution in [0.5, 0.6) is 0 Å². The van der Waals surface area contributed by atoms with Gasteiger partial charge in [0.1, 0.15) is 5.69 Å². The third kappa shape index (κ3) is 3.62. The molecular weight excluding hydrogens is 318 g/mol. The Morgan fingerprint density at radius 2 is 2.15 bits per heavy atom. The van der Waals surface area contributed by atoms with E-state index in [0.717, 1.165) is 31.5 Å². The van der Waals surface area contributed by atoms with Crippen LogP contribution in [0.4, 0.5) is 0 Å². The van der Waals surface area contributed by atoms with E-state index in [9.17, 15) is 4.79 Å². The summed E-state index contributed by atoms with van der Waals surface area (Å²) in [7, 11) is 0. The number of rotatable bonds is 4. The molecule has 1 fully saturated rings. The maximum atomic E-state index is 12.5. The molecular formula is C15H24BrN3O. The van der Waals surface area contributed by atoms with Crippen molar-refractivity contribution in [3.05, 3.63) is 17.5 Å². The lowest BCUT2D eigenvalue weighted by molar-refractivity contribution is 0.0924. The first kappa shape index (κ1) is 15.5. The van der Waals surface area contributed by atoms with Gasteiger partial charge in [-0.05, 0) is 32.3 Å². The predicted molar refractivity (Wildman–Crippen MR) is 84.3 cm³/mol. The van der Waals surface area contributed by atoms with E-state index in [1.165, 1.54) is 19.3 Å². The van der Waals surface area contributed by atoms with Crippen molar-refractivity contribution in [1.82, 2.24) is 15.1 Å². The summed E-state index contributed by atoms with van der Waals surface area (Å²) >= 11 is 3.72. The van der Waals surface area contributed by atoms with Crippen LogP contribution >= 0.6 is 15.9 Å². The van der Waals surface area contributed by atoms with Crippen LogP contribution in [-0.2, 0) is 13.0 Å². The number of nitrogens with one attached hydrogen (secondary N) is 1. The molecule has 0 saturated heterocycles. The van der Waals surface area contributed by atoms with Gasteiger partial charge in [0.25, 0.3) is 5.91 Å². The van der Waals surface area contributed by atoms with E-state index in [-0.39, 0.29) is 11.9 Å². The number of hydrogen-bond donors (Lipinski definition) is 1. The number of aryl methyl sites for hydroxylation is 2. The van der Waals surface area contributed by atoms with Crippen molar-refractivity contribution in [1.29, 1.82) is 0 Å². The Hall–Kier alpha value is -0.840. The first-order chi connectivity index (χ1) is 9.65. The van der Waals surface area contributed by atoms with E-state index in [2.05, 4.69) is 33.3 Å². The molecule has 1 heterocycles. The molecule has 0 radical (unpaired) electrons. The molecule has 0 bridgehead atoms. The van der Waals surface area contributed by atoms with Crippen LogP contribution in [0.2, 0.25) is 0 Å². The van der Waals surface area contributed by atoms with E-state index in [1.54, 1.807) is 4.68 Å². The summed E-state index contributed by atoms with van der Waals surface area (Å²) in [4.78, 5) is 12.9. The maximum Gasteiger partial charge on any atom is 0.269 e. The first-order valence-corrected chi connectivity index (χ1v) is 8.59. The Balaban J connectivity index is 2.08. The topological polar surface area (TPSA) is 46.9 Å². The minimum absolute atomic E-state index is 0.00963. The Kier molecular flexibility index (Phi) is 5.64. The molecule has 1 aromatic rings. The molecule has 0 aromatic carbocycles. The van der Waals surface area contributed by atoms with E-state index in [0.29, 0.717) is 10.5 Å². The molecule has 1 aliphatic carbocycles. The molecule has 1 aromatic heterocycles. The second kappa shape index (κ2) is 7.25. The third-order valence-corrected chi connectivity index (χ3v) is 5.07. The molecule has 2 atom stereocenters. The normalized spacial score (nSPS) is 23.4. The summed E-state index contributed by atoms with van der Waals surface area (Å²) in [5.41, 5.74) is 1.67. The van der Waals surface area contributed by atoms with Crippen molar-refractivity contribution in [3.8, 4) is 0 Å². The van der Waals surface area contributed by atoms with Gasteiger partial charge in [-0.3, -0.25) is 9.48 Å². The quantitative estimate of drug-likeness (QED) is 0.674. The molecule has 2 rings (SSSR count). The second-order valence-corrected chi connectivity index (χ2v) is 6.60. The molecule has 2 unspecified atom stereocenters. The molecule has 0 spiro atoms. The summed E-state index contributed by atoms with van der Waals surface area (Å²) in [5, 5.41) is 7.63. The zero-order valence-electron chi connectivity index (χ0n) is 12.4. The van der Waals surface area contributed by atoms with Crippen LogP contribution in [0.15, 0.2) is 6.07 Å². The van der Waals surface area contributed by atoms with Gasteiger partial charge in [-0.1, -0.05) is 42.1 Å². The van der Waals surface area contributed by atoms with Crippen LogP contribution in [0, 0.1) is 0 Å². The number of halogens is 1. The number of alkyl halides is 1.